The van der Waals surface area contributed by atoms with Gasteiger partial charge in [0, 0.05) is 12.6 Å². The van der Waals surface area contributed by atoms with Crippen molar-refractivity contribution in [3.05, 3.63) is 42.4 Å². The quantitative estimate of drug-likeness (QED) is 0.842. The van der Waals surface area contributed by atoms with Crippen LogP contribution >= 0.6 is 0 Å². The summed E-state index contributed by atoms with van der Waals surface area (Å²) in [6, 6.07) is 8.39. The third kappa shape index (κ3) is 3.26. The third-order valence-corrected chi connectivity index (χ3v) is 4.62. The molecule has 1 atom stereocenters. The molecule has 2 aliphatic heterocycles. The topological polar surface area (TPSA) is 101 Å². The van der Waals surface area contributed by atoms with E-state index in [1.165, 1.54) is 11.2 Å². The van der Waals surface area contributed by atoms with Crippen molar-refractivity contribution in [1.29, 1.82) is 0 Å². The molecular formula is C19H19N3O6. The number of nitrogens with one attached hydrogen (secondary N) is 1. The van der Waals surface area contributed by atoms with Crippen LogP contribution in [0.15, 0.2) is 41.0 Å². The number of furan rings is 1. The molecule has 0 radical (unpaired) electrons. The molecule has 2 aliphatic rings. The maximum absolute atomic E-state index is 12.3. The zero-order valence-electron chi connectivity index (χ0n) is 15.2. The highest BCUT2D eigenvalue weighted by atomic mass is 16.6. The van der Waals surface area contributed by atoms with Crippen molar-refractivity contribution in [1.82, 2.24) is 5.32 Å². The summed E-state index contributed by atoms with van der Waals surface area (Å²) in [5.41, 5.74) is 1.28. The van der Waals surface area contributed by atoms with Crippen molar-refractivity contribution in [2.24, 2.45) is 0 Å². The minimum absolute atomic E-state index is 0.0316. The molecule has 4 rings (SSSR count). The smallest absolute Gasteiger partial charge is 0.414 e. The molecule has 9 nitrogen and oxygen atoms in total. The molecule has 3 amide bonds. The summed E-state index contributed by atoms with van der Waals surface area (Å²) in [4.78, 5) is 39.2. The number of hydrogen-bond donors (Lipinski definition) is 1. The first kappa shape index (κ1) is 17.9. The summed E-state index contributed by atoms with van der Waals surface area (Å²) < 4.78 is 15.9. The van der Waals surface area contributed by atoms with Gasteiger partial charge in [0.15, 0.2) is 12.4 Å². The largest absolute Gasteiger partial charge is 0.481 e. The van der Waals surface area contributed by atoms with Gasteiger partial charge in [0.2, 0.25) is 0 Å². The number of carbonyl (C=O) groups excluding carboxylic acids is 3. The number of anilines is 2. The normalized spacial score (nSPS) is 18.5. The van der Waals surface area contributed by atoms with Gasteiger partial charge in [-0.3, -0.25) is 14.5 Å². The number of fused-ring (bicyclic) bond motifs is 1. The lowest BCUT2D eigenvalue weighted by Gasteiger charge is -2.29. The standard InChI is InChI=1S/C19H19N3O6/c1-2-21-14-6-5-12(8-16(14)27-11-17(21)23)22-10-13(28-19(22)25)9-20-18(24)15-4-3-7-26-15/h3-8,13H,2,9-11H2,1H3,(H,20,24). The van der Waals surface area contributed by atoms with E-state index in [1.54, 1.807) is 35.2 Å². The molecule has 1 unspecified atom stereocenters. The molecule has 3 heterocycles. The van der Waals surface area contributed by atoms with E-state index in [0.717, 1.165) is 0 Å². The maximum atomic E-state index is 12.3. The first-order chi connectivity index (χ1) is 13.6. The number of hydrogen-bond acceptors (Lipinski definition) is 6. The fourth-order valence-corrected chi connectivity index (χ4v) is 3.25. The molecule has 1 aromatic heterocycles. The average Bonchev–Trinajstić information content (AvgIpc) is 3.36. The number of nitrogens with zero attached hydrogens (tertiary/aromatic N) is 2. The zero-order chi connectivity index (χ0) is 19.7. The summed E-state index contributed by atoms with van der Waals surface area (Å²) in [7, 11) is 0. The number of benzene rings is 1. The van der Waals surface area contributed by atoms with Gasteiger partial charge in [0.05, 0.1) is 30.7 Å². The van der Waals surface area contributed by atoms with Crippen molar-refractivity contribution in [3.63, 3.8) is 0 Å². The Bertz CT molecular complexity index is 910. The number of amides is 3. The van der Waals surface area contributed by atoms with Crippen LogP contribution < -0.4 is 19.9 Å². The Morgan fingerprint density at radius 1 is 1.29 bits per heavy atom. The van der Waals surface area contributed by atoms with Crippen molar-refractivity contribution >= 4 is 29.3 Å². The zero-order valence-corrected chi connectivity index (χ0v) is 15.2. The summed E-state index contributed by atoms with van der Waals surface area (Å²) in [5.74, 6) is 0.270. The second kappa shape index (κ2) is 7.26. The van der Waals surface area contributed by atoms with Crippen LogP contribution in [0.3, 0.4) is 0 Å². The van der Waals surface area contributed by atoms with Crippen LogP contribution in [-0.4, -0.2) is 50.3 Å². The SMILES string of the molecule is CCN1C(=O)COc2cc(N3CC(CNC(=O)c4ccco4)OC3=O)ccc21. The monoisotopic (exact) mass is 385 g/mol. The number of ether oxygens (including phenoxy) is 2. The van der Waals surface area contributed by atoms with E-state index in [0.29, 0.717) is 23.7 Å². The molecule has 1 N–H and O–H groups in total. The highest BCUT2D eigenvalue weighted by Gasteiger charge is 2.34. The molecule has 9 heteroatoms. The molecule has 0 aliphatic carbocycles. The van der Waals surface area contributed by atoms with Crippen molar-refractivity contribution in [3.8, 4) is 5.75 Å². The molecule has 1 saturated heterocycles. The van der Waals surface area contributed by atoms with E-state index >= 15 is 0 Å². The predicted octanol–water partition coefficient (Wildman–Crippen LogP) is 1.78. The summed E-state index contributed by atoms with van der Waals surface area (Å²) >= 11 is 0. The second-order valence-electron chi connectivity index (χ2n) is 6.38. The molecule has 28 heavy (non-hydrogen) atoms. The van der Waals surface area contributed by atoms with Crippen molar-refractivity contribution in [2.45, 2.75) is 13.0 Å². The lowest BCUT2D eigenvalue weighted by Crippen LogP contribution is -2.38. The van der Waals surface area contributed by atoms with E-state index < -0.39 is 12.2 Å². The lowest BCUT2D eigenvalue weighted by atomic mass is 10.2. The highest BCUT2D eigenvalue weighted by Crippen LogP contribution is 2.36. The molecule has 0 bridgehead atoms. The molecule has 1 aromatic carbocycles. The summed E-state index contributed by atoms with van der Waals surface area (Å²) in [5, 5.41) is 2.68. The Balaban J connectivity index is 1.43. The van der Waals surface area contributed by atoms with Gasteiger partial charge in [0.25, 0.3) is 11.8 Å². The van der Waals surface area contributed by atoms with Crippen LogP contribution in [0, 0.1) is 0 Å². The average molecular weight is 385 g/mol. The first-order valence-corrected chi connectivity index (χ1v) is 8.94. The molecule has 0 saturated carbocycles. The minimum Gasteiger partial charge on any atom is -0.481 e. The van der Waals surface area contributed by atoms with Gasteiger partial charge in [-0.05, 0) is 31.2 Å². The predicted molar refractivity (Wildman–Crippen MR) is 98.6 cm³/mol. The van der Waals surface area contributed by atoms with Gasteiger partial charge in [-0.25, -0.2) is 4.79 Å². The Hall–Kier alpha value is -3.49. The molecule has 1 fully saturated rings. The van der Waals surface area contributed by atoms with E-state index in [2.05, 4.69) is 5.32 Å². The Morgan fingerprint density at radius 2 is 2.14 bits per heavy atom. The van der Waals surface area contributed by atoms with Crippen LogP contribution in [0.2, 0.25) is 0 Å². The molecule has 0 spiro atoms. The molecule has 146 valence electrons. The summed E-state index contributed by atoms with van der Waals surface area (Å²) in [6.07, 6.45) is 0.422. The fourth-order valence-electron chi connectivity index (χ4n) is 3.25. The maximum Gasteiger partial charge on any atom is 0.414 e. The van der Waals surface area contributed by atoms with Crippen LogP contribution in [0.4, 0.5) is 16.2 Å². The van der Waals surface area contributed by atoms with Gasteiger partial charge >= 0.3 is 6.09 Å². The van der Waals surface area contributed by atoms with Gasteiger partial charge in [-0.2, -0.15) is 0 Å². The Kier molecular flexibility index (Phi) is 4.64. The number of rotatable bonds is 5. The third-order valence-electron chi connectivity index (χ3n) is 4.62. The van der Waals surface area contributed by atoms with Crippen LogP contribution in [0.5, 0.6) is 5.75 Å². The highest BCUT2D eigenvalue weighted by molar-refractivity contribution is 5.99. The Labute approximate surface area is 160 Å². The van der Waals surface area contributed by atoms with Gasteiger partial charge in [-0.15, -0.1) is 0 Å². The molecular weight excluding hydrogens is 366 g/mol. The van der Waals surface area contributed by atoms with E-state index in [4.69, 9.17) is 13.9 Å². The van der Waals surface area contributed by atoms with Crippen molar-refractivity contribution < 1.29 is 28.3 Å². The lowest BCUT2D eigenvalue weighted by molar-refractivity contribution is -0.121. The number of cyclic esters (lactones) is 1. The van der Waals surface area contributed by atoms with Crippen LogP contribution in [-0.2, 0) is 9.53 Å². The van der Waals surface area contributed by atoms with Crippen molar-refractivity contribution in [2.75, 3.05) is 36.0 Å². The fraction of sp³-hybridized carbons (Fsp3) is 0.316. The second-order valence-corrected chi connectivity index (χ2v) is 6.38. The van der Waals surface area contributed by atoms with Crippen LogP contribution in [0.25, 0.3) is 0 Å². The van der Waals surface area contributed by atoms with E-state index in [-0.39, 0.29) is 37.3 Å². The van der Waals surface area contributed by atoms with Gasteiger partial charge in [-0.1, -0.05) is 0 Å². The van der Waals surface area contributed by atoms with Gasteiger partial charge < -0.3 is 24.1 Å². The summed E-state index contributed by atoms with van der Waals surface area (Å²) in [6.45, 7) is 2.85. The first-order valence-electron chi connectivity index (χ1n) is 8.94. The molecule has 2 aromatic rings. The minimum atomic E-state index is -0.503. The van der Waals surface area contributed by atoms with E-state index in [1.807, 2.05) is 6.92 Å². The number of carbonyl (C=O) groups is 3. The number of likely N-dealkylation sites (N-methyl/N-ethyl adjacent to an activating group) is 1. The Morgan fingerprint density at radius 3 is 2.89 bits per heavy atom. The van der Waals surface area contributed by atoms with Gasteiger partial charge in [0.1, 0.15) is 11.9 Å². The van der Waals surface area contributed by atoms with E-state index in [9.17, 15) is 14.4 Å². The van der Waals surface area contributed by atoms with Crippen LogP contribution in [0.1, 0.15) is 17.5 Å².